The molecule has 5 nitrogen and oxygen atoms in total. The van der Waals surface area contributed by atoms with E-state index in [-0.39, 0.29) is 11.9 Å². The standard InChI is InChI=1S/C23H23ClN4O/c24-20-9-5-4-8-19(20)15-27-23(29)18-10-11-26-22(14-18)28-13-12-25-21(16-28)17-6-2-1-3-7-17/h1-11,14,21,25H,12-13,15-16H2,(H,27,29)/t21-/m0/s1. The first kappa shape index (κ1) is 19.4. The van der Waals surface area contributed by atoms with Crippen molar-refractivity contribution >= 4 is 23.3 Å². The number of carbonyl (C=O) groups excluding carboxylic acids is 1. The van der Waals surface area contributed by atoms with Crippen LogP contribution >= 0.6 is 11.6 Å². The van der Waals surface area contributed by atoms with Crippen LogP contribution in [0.25, 0.3) is 0 Å². The lowest BCUT2D eigenvalue weighted by atomic mass is 10.0. The number of halogens is 1. The van der Waals surface area contributed by atoms with E-state index in [0.717, 1.165) is 31.0 Å². The molecule has 2 heterocycles. The topological polar surface area (TPSA) is 57.3 Å². The molecule has 0 radical (unpaired) electrons. The third-order valence-corrected chi connectivity index (χ3v) is 5.48. The van der Waals surface area contributed by atoms with Crippen LogP contribution in [0.2, 0.25) is 5.02 Å². The van der Waals surface area contributed by atoms with Gasteiger partial charge in [0, 0.05) is 49.0 Å². The van der Waals surface area contributed by atoms with Gasteiger partial charge in [-0.1, -0.05) is 60.1 Å². The predicted molar refractivity (Wildman–Crippen MR) is 116 cm³/mol. The summed E-state index contributed by atoms with van der Waals surface area (Å²) in [4.78, 5) is 19.4. The van der Waals surface area contributed by atoms with Crippen molar-refractivity contribution in [1.82, 2.24) is 15.6 Å². The maximum absolute atomic E-state index is 12.6. The zero-order valence-electron chi connectivity index (χ0n) is 16.0. The minimum absolute atomic E-state index is 0.136. The number of anilines is 1. The van der Waals surface area contributed by atoms with Crippen LogP contribution in [-0.4, -0.2) is 30.5 Å². The summed E-state index contributed by atoms with van der Waals surface area (Å²) >= 11 is 6.17. The highest BCUT2D eigenvalue weighted by molar-refractivity contribution is 6.31. The van der Waals surface area contributed by atoms with E-state index in [1.165, 1.54) is 5.56 Å². The second kappa shape index (κ2) is 9.07. The van der Waals surface area contributed by atoms with Crippen LogP contribution in [0.3, 0.4) is 0 Å². The molecule has 29 heavy (non-hydrogen) atoms. The maximum atomic E-state index is 12.6. The number of hydrogen-bond donors (Lipinski definition) is 2. The second-order valence-electron chi connectivity index (χ2n) is 7.04. The Balaban J connectivity index is 1.44. The molecule has 148 valence electrons. The summed E-state index contributed by atoms with van der Waals surface area (Å²) in [7, 11) is 0. The summed E-state index contributed by atoms with van der Waals surface area (Å²) in [5.41, 5.74) is 2.74. The molecule has 1 amide bonds. The number of pyridine rings is 1. The Morgan fingerprint density at radius 3 is 2.76 bits per heavy atom. The predicted octanol–water partition coefficient (Wildman–Crippen LogP) is 3.82. The average molecular weight is 407 g/mol. The summed E-state index contributed by atoms with van der Waals surface area (Å²) in [5, 5.41) is 7.14. The van der Waals surface area contributed by atoms with Crippen LogP contribution in [0.15, 0.2) is 72.9 Å². The van der Waals surface area contributed by atoms with Gasteiger partial charge in [0.15, 0.2) is 0 Å². The van der Waals surface area contributed by atoms with E-state index in [1.807, 2.05) is 36.4 Å². The van der Waals surface area contributed by atoms with Crippen molar-refractivity contribution < 1.29 is 4.79 Å². The molecule has 4 rings (SSSR count). The number of aromatic nitrogens is 1. The fourth-order valence-corrected chi connectivity index (χ4v) is 3.72. The quantitative estimate of drug-likeness (QED) is 0.676. The van der Waals surface area contributed by atoms with Gasteiger partial charge in [0.05, 0.1) is 0 Å². The summed E-state index contributed by atoms with van der Waals surface area (Å²) < 4.78 is 0. The number of piperazine rings is 1. The smallest absolute Gasteiger partial charge is 0.251 e. The molecular weight excluding hydrogens is 384 g/mol. The van der Waals surface area contributed by atoms with Crippen molar-refractivity contribution in [2.45, 2.75) is 12.6 Å². The highest BCUT2D eigenvalue weighted by Gasteiger charge is 2.22. The Hall–Kier alpha value is -2.89. The molecule has 0 spiro atoms. The maximum Gasteiger partial charge on any atom is 0.251 e. The zero-order valence-corrected chi connectivity index (χ0v) is 16.8. The monoisotopic (exact) mass is 406 g/mol. The van der Waals surface area contributed by atoms with Gasteiger partial charge in [0.1, 0.15) is 5.82 Å². The lowest BCUT2D eigenvalue weighted by Gasteiger charge is -2.34. The third kappa shape index (κ3) is 4.75. The number of nitrogens with zero attached hydrogens (tertiary/aromatic N) is 2. The molecule has 1 fully saturated rings. The molecule has 1 aliphatic heterocycles. The van der Waals surface area contributed by atoms with Crippen LogP contribution < -0.4 is 15.5 Å². The first-order valence-electron chi connectivity index (χ1n) is 9.71. The second-order valence-corrected chi connectivity index (χ2v) is 7.45. The number of rotatable bonds is 5. The fraction of sp³-hybridized carbons (Fsp3) is 0.217. The van der Waals surface area contributed by atoms with Gasteiger partial charge in [-0.2, -0.15) is 0 Å². The van der Waals surface area contributed by atoms with Gasteiger partial charge < -0.3 is 15.5 Å². The third-order valence-electron chi connectivity index (χ3n) is 5.11. The number of nitrogens with one attached hydrogen (secondary N) is 2. The largest absolute Gasteiger partial charge is 0.353 e. The van der Waals surface area contributed by atoms with Crippen LogP contribution in [0.5, 0.6) is 0 Å². The first-order valence-corrected chi connectivity index (χ1v) is 10.1. The molecule has 6 heteroatoms. The van der Waals surface area contributed by atoms with Crippen molar-refractivity contribution in [3.8, 4) is 0 Å². The van der Waals surface area contributed by atoms with Gasteiger partial charge in [0.2, 0.25) is 0 Å². The molecule has 0 saturated carbocycles. The van der Waals surface area contributed by atoms with E-state index >= 15 is 0 Å². The van der Waals surface area contributed by atoms with Gasteiger partial charge in [-0.25, -0.2) is 4.98 Å². The van der Waals surface area contributed by atoms with E-state index < -0.39 is 0 Å². The molecule has 1 atom stereocenters. The Labute approximate surface area is 175 Å². The Bertz CT molecular complexity index is 979. The highest BCUT2D eigenvalue weighted by atomic mass is 35.5. The lowest BCUT2D eigenvalue weighted by molar-refractivity contribution is 0.0951. The van der Waals surface area contributed by atoms with Gasteiger partial charge in [-0.15, -0.1) is 0 Å². The van der Waals surface area contributed by atoms with E-state index in [0.29, 0.717) is 17.1 Å². The van der Waals surface area contributed by atoms with Gasteiger partial charge >= 0.3 is 0 Å². The van der Waals surface area contributed by atoms with E-state index in [1.54, 1.807) is 12.3 Å². The van der Waals surface area contributed by atoms with Crippen LogP contribution in [0.4, 0.5) is 5.82 Å². The molecule has 1 aromatic heterocycles. The normalized spacial score (nSPS) is 16.4. The van der Waals surface area contributed by atoms with Crippen molar-refractivity contribution in [3.63, 3.8) is 0 Å². The molecule has 1 aliphatic rings. The van der Waals surface area contributed by atoms with Crippen LogP contribution in [0.1, 0.15) is 27.5 Å². The highest BCUT2D eigenvalue weighted by Crippen LogP contribution is 2.22. The first-order chi connectivity index (χ1) is 14.2. The van der Waals surface area contributed by atoms with E-state index in [2.05, 4.69) is 44.8 Å². The SMILES string of the molecule is O=C(NCc1ccccc1Cl)c1ccnc(N2CCN[C@H](c3ccccc3)C2)c1. The lowest BCUT2D eigenvalue weighted by Crippen LogP contribution is -2.46. The molecule has 1 saturated heterocycles. The van der Waals surface area contributed by atoms with Crippen LogP contribution in [0, 0.1) is 0 Å². The summed E-state index contributed by atoms with van der Waals surface area (Å²) in [6.45, 7) is 2.91. The van der Waals surface area contributed by atoms with Crippen molar-refractivity contribution in [2.75, 3.05) is 24.5 Å². The average Bonchev–Trinajstić information content (AvgIpc) is 2.79. The fourth-order valence-electron chi connectivity index (χ4n) is 3.52. The van der Waals surface area contributed by atoms with E-state index in [4.69, 9.17) is 11.6 Å². The Morgan fingerprint density at radius 2 is 1.93 bits per heavy atom. The van der Waals surface area contributed by atoms with Crippen molar-refractivity contribution in [1.29, 1.82) is 0 Å². The molecule has 3 aromatic rings. The molecule has 0 bridgehead atoms. The number of benzene rings is 2. The van der Waals surface area contributed by atoms with Gasteiger partial charge in [-0.05, 0) is 29.3 Å². The zero-order chi connectivity index (χ0) is 20.1. The summed E-state index contributed by atoms with van der Waals surface area (Å²) in [6, 6.07) is 21.7. The molecule has 0 unspecified atom stereocenters. The molecule has 2 N–H and O–H groups in total. The van der Waals surface area contributed by atoms with Gasteiger partial charge in [0.25, 0.3) is 5.91 Å². The molecule has 2 aromatic carbocycles. The van der Waals surface area contributed by atoms with Gasteiger partial charge in [-0.3, -0.25) is 4.79 Å². The minimum atomic E-state index is -0.136. The molecule has 0 aliphatic carbocycles. The number of amides is 1. The minimum Gasteiger partial charge on any atom is -0.353 e. The van der Waals surface area contributed by atoms with Crippen molar-refractivity contribution in [3.05, 3.63) is 94.6 Å². The van der Waals surface area contributed by atoms with Crippen molar-refractivity contribution in [2.24, 2.45) is 0 Å². The molecular formula is C23H23ClN4O. The van der Waals surface area contributed by atoms with Crippen LogP contribution in [-0.2, 0) is 6.54 Å². The number of hydrogen-bond acceptors (Lipinski definition) is 4. The van der Waals surface area contributed by atoms with E-state index in [9.17, 15) is 4.79 Å². The summed E-state index contributed by atoms with van der Waals surface area (Å²) in [5.74, 6) is 0.682. The Kier molecular flexibility index (Phi) is 6.08. The number of carbonyl (C=O) groups is 1. The Morgan fingerprint density at radius 1 is 1.14 bits per heavy atom. The summed E-state index contributed by atoms with van der Waals surface area (Å²) in [6.07, 6.45) is 1.69.